The van der Waals surface area contributed by atoms with E-state index >= 15 is 0 Å². The zero-order chi connectivity index (χ0) is 27.9. The molecule has 1 aromatic carbocycles. The molecule has 1 aliphatic heterocycles. The van der Waals surface area contributed by atoms with Crippen molar-refractivity contribution in [1.82, 2.24) is 5.32 Å². The summed E-state index contributed by atoms with van der Waals surface area (Å²) in [6.07, 6.45) is -1.80. The highest BCUT2D eigenvalue weighted by molar-refractivity contribution is 6.50. The van der Waals surface area contributed by atoms with Gasteiger partial charge in [-0.1, -0.05) is 37.0 Å². The zero-order valence-corrected chi connectivity index (χ0v) is 22.0. The lowest BCUT2D eigenvalue weighted by Gasteiger charge is -2.37. The Kier molecular flexibility index (Phi) is 10.9. The number of halogens is 2. The third-order valence-electron chi connectivity index (χ3n) is 5.67. The van der Waals surface area contributed by atoms with Gasteiger partial charge in [-0.05, 0) is 30.5 Å². The SMILES string of the molecule is COC[C@H](NC(=O)c1cc(Cl)ccc1Cl)C(=O)C[C@@H](CC(C)C)B1OC(=O)CC(CC(=O)O)(C(=O)O)O1. The summed E-state index contributed by atoms with van der Waals surface area (Å²) in [6, 6.07) is 3.15. The van der Waals surface area contributed by atoms with Crippen molar-refractivity contribution in [2.45, 2.75) is 57.0 Å². The fourth-order valence-corrected chi connectivity index (χ4v) is 4.40. The first kappa shape index (κ1) is 30.6. The van der Waals surface area contributed by atoms with Gasteiger partial charge in [0.1, 0.15) is 6.04 Å². The van der Waals surface area contributed by atoms with Crippen LogP contribution in [-0.2, 0) is 33.2 Å². The van der Waals surface area contributed by atoms with Gasteiger partial charge in [-0.3, -0.25) is 19.2 Å². The highest BCUT2D eigenvalue weighted by Gasteiger charge is 2.54. The Balaban J connectivity index is 2.29. The van der Waals surface area contributed by atoms with E-state index in [9.17, 15) is 34.2 Å². The fraction of sp³-hybridized carbons (Fsp3) is 0.522. The maximum absolute atomic E-state index is 13.3. The minimum atomic E-state index is -2.34. The molecular formula is C23H28BCl2NO10. The Hall–Kier alpha value is -2.67. The number of Topliss-reactive ketones (excluding diaryl/α,β-unsaturated/α-hetero) is 1. The van der Waals surface area contributed by atoms with Gasteiger partial charge in [0.2, 0.25) is 0 Å². The van der Waals surface area contributed by atoms with Crippen LogP contribution in [0.1, 0.15) is 49.9 Å². The average Bonchev–Trinajstić information content (AvgIpc) is 2.78. The number of carboxylic acids is 2. The smallest absolute Gasteiger partial charge is 0.509 e. The second-order valence-electron chi connectivity index (χ2n) is 9.19. The van der Waals surface area contributed by atoms with Crippen LogP contribution in [-0.4, -0.2) is 72.3 Å². The Morgan fingerprint density at radius 1 is 1.22 bits per heavy atom. The molecule has 0 radical (unpaired) electrons. The number of aliphatic carboxylic acids is 2. The molecule has 0 spiro atoms. The molecule has 1 amide bonds. The maximum atomic E-state index is 13.3. The molecule has 0 aliphatic carbocycles. The number of hydrogen-bond acceptors (Lipinski definition) is 8. The van der Waals surface area contributed by atoms with Gasteiger partial charge in [0, 0.05) is 24.4 Å². The Bertz CT molecular complexity index is 1050. The molecule has 1 unspecified atom stereocenters. The highest BCUT2D eigenvalue weighted by Crippen LogP contribution is 2.36. The molecule has 1 saturated heterocycles. The molecule has 2 rings (SSSR count). The van der Waals surface area contributed by atoms with Crippen LogP contribution in [0.25, 0.3) is 0 Å². The van der Waals surface area contributed by atoms with Crippen LogP contribution >= 0.6 is 23.2 Å². The number of nitrogens with one attached hydrogen (secondary N) is 1. The van der Waals surface area contributed by atoms with Crippen LogP contribution < -0.4 is 5.32 Å². The standard InChI is InChI=1S/C23H28BCl2NO10/c1-12(2)6-13(24-36-20(31)10-23(37-24,22(33)34)9-19(29)30)7-18(28)17(11-35-3)27-21(32)15-8-14(25)4-5-16(15)26/h4-5,8,12-13,17H,6-7,9-11H2,1-3H3,(H,27,32)(H,29,30)(H,33,34)/t13-,17+,23?/m1/s1. The summed E-state index contributed by atoms with van der Waals surface area (Å²) < 4.78 is 15.9. The summed E-state index contributed by atoms with van der Waals surface area (Å²) in [7, 11) is -0.159. The van der Waals surface area contributed by atoms with E-state index in [2.05, 4.69) is 5.32 Å². The van der Waals surface area contributed by atoms with Gasteiger partial charge >= 0.3 is 19.1 Å². The van der Waals surface area contributed by atoms with Crippen LogP contribution in [0, 0.1) is 5.92 Å². The molecule has 1 aromatic rings. The van der Waals surface area contributed by atoms with Crippen LogP contribution in [0.5, 0.6) is 0 Å². The maximum Gasteiger partial charge on any atom is 0.531 e. The lowest BCUT2D eigenvalue weighted by atomic mass is 9.63. The van der Waals surface area contributed by atoms with E-state index in [0.717, 1.165) is 0 Å². The normalized spacial score (nSPS) is 19.2. The van der Waals surface area contributed by atoms with Crippen molar-refractivity contribution in [3.05, 3.63) is 33.8 Å². The third kappa shape index (κ3) is 8.42. The Morgan fingerprint density at radius 2 is 1.89 bits per heavy atom. The van der Waals surface area contributed by atoms with E-state index in [1.807, 2.05) is 13.8 Å². The third-order valence-corrected chi connectivity index (χ3v) is 6.23. The molecule has 0 aromatic heterocycles. The first-order valence-electron chi connectivity index (χ1n) is 11.4. The van der Waals surface area contributed by atoms with E-state index in [1.165, 1.54) is 25.3 Å². The predicted octanol–water partition coefficient (Wildman–Crippen LogP) is 2.86. The first-order chi connectivity index (χ1) is 17.3. The molecule has 3 atom stereocenters. The Labute approximate surface area is 223 Å². The molecule has 1 fully saturated rings. The lowest BCUT2D eigenvalue weighted by molar-refractivity contribution is -0.175. The number of rotatable bonds is 13. The number of carbonyl (C=O) groups is 5. The molecule has 11 nitrogen and oxygen atoms in total. The molecule has 37 heavy (non-hydrogen) atoms. The number of ketones is 1. The van der Waals surface area contributed by atoms with E-state index in [-0.39, 0.29) is 41.0 Å². The molecule has 202 valence electrons. The number of carbonyl (C=O) groups excluding carboxylic acids is 3. The quantitative estimate of drug-likeness (QED) is 0.306. The van der Waals surface area contributed by atoms with Crippen molar-refractivity contribution in [3.63, 3.8) is 0 Å². The van der Waals surface area contributed by atoms with Crippen molar-refractivity contribution < 1.29 is 48.2 Å². The zero-order valence-electron chi connectivity index (χ0n) is 20.5. The molecule has 0 bridgehead atoms. The van der Waals surface area contributed by atoms with Crippen molar-refractivity contribution in [3.8, 4) is 0 Å². The van der Waals surface area contributed by atoms with Crippen LogP contribution in [0.2, 0.25) is 15.9 Å². The van der Waals surface area contributed by atoms with E-state index in [1.54, 1.807) is 0 Å². The number of ether oxygens (including phenoxy) is 1. The van der Waals surface area contributed by atoms with E-state index < -0.39 is 67.0 Å². The van der Waals surface area contributed by atoms with Gasteiger partial charge in [-0.15, -0.1) is 0 Å². The van der Waals surface area contributed by atoms with Gasteiger partial charge in [-0.25, -0.2) is 4.79 Å². The largest absolute Gasteiger partial charge is 0.531 e. The van der Waals surface area contributed by atoms with Crippen molar-refractivity contribution in [1.29, 1.82) is 0 Å². The monoisotopic (exact) mass is 559 g/mol. The fourth-order valence-electron chi connectivity index (χ4n) is 4.02. The minimum absolute atomic E-state index is 0.0403. The molecule has 1 heterocycles. The first-order valence-corrected chi connectivity index (χ1v) is 12.1. The van der Waals surface area contributed by atoms with Gasteiger partial charge < -0.3 is 29.6 Å². The number of carboxylic acid groups (broad SMARTS) is 2. The number of benzene rings is 1. The number of hydrogen-bond donors (Lipinski definition) is 3. The van der Waals surface area contributed by atoms with Gasteiger partial charge in [-0.2, -0.15) is 0 Å². The number of methoxy groups -OCH3 is 1. The molecular weight excluding hydrogens is 532 g/mol. The summed E-state index contributed by atoms with van der Waals surface area (Å²) >= 11 is 12.0. The van der Waals surface area contributed by atoms with E-state index in [4.69, 9.17) is 37.2 Å². The van der Waals surface area contributed by atoms with Gasteiger partial charge in [0.25, 0.3) is 11.9 Å². The lowest BCUT2D eigenvalue weighted by Crippen LogP contribution is -2.56. The van der Waals surface area contributed by atoms with Crippen molar-refractivity contribution in [2.24, 2.45) is 5.92 Å². The topological polar surface area (TPSA) is 166 Å². The van der Waals surface area contributed by atoms with E-state index in [0.29, 0.717) is 0 Å². The summed E-state index contributed by atoms with van der Waals surface area (Å²) in [5.74, 6) is -6.13. The minimum Gasteiger partial charge on any atom is -0.509 e. The molecule has 1 aliphatic rings. The summed E-state index contributed by atoms with van der Waals surface area (Å²) in [5, 5.41) is 21.8. The van der Waals surface area contributed by atoms with Crippen LogP contribution in [0.4, 0.5) is 0 Å². The number of amides is 1. The Morgan fingerprint density at radius 3 is 2.46 bits per heavy atom. The average molecular weight is 560 g/mol. The van der Waals surface area contributed by atoms with Crippen molar-refractivity contribution in [2.75, 3.05) is 13.7 Å². The molecule has 14 heteroatoms. The van der Waals surface area contributed by atoms with Crippen molar-refractivity contribution >= 4 is 59.9 Å². The molecule has 0 saturated carbocycles. The predicted molar refractivity (Wildman–Crippen MR) is 133 cm³/mol. The summed E-state index contributed by atoms with van der Waals surface area (Å²) in [4.78, 5) is 61.6. The molecule has 3 N–H and O–H groups in total. The second-order valence-corrected chi connectivity index (χ2v) is 10.0. The van der Waals surface area contributed by atoms with Gasteiger partial charge in [0.05, 0.1) is 30.0 Å². The summed E-state index contributed by atoms with van der Waals surface area (Å²) in [5.41, 5.74) is -2.29. The highest BCUT2D eigenvalue weighted by atomic mass is 35.5. The second kappa shape index (κ2) is 13.2. The van der Waals surface area contributed by atoms with Crippen LogP contribution in [0.3, 0.4) is 0 Å². The summed E-state index contributed by atoms with van der Waals surface area (Å²) in [6.45, 7) is 3.47. The van der Waals surface area contributed by atoms with Gasteiger partial charge in [0.15, 0.2) is 11.4 Å². The van der Waals surface area contributed by atoms with Crippen LogP contribution in [0.15, 0.2) is 18.2 Å².